The van der Waals surface area contributed by atoms with Crippen molar-refractivity contribution < 1.29 is 27.9 Å². The molecule has 176 valence electrons. The first kappa shape index (κ1) is 23.3. The summed E-state index contributed by atoms with van der Waals surface area (Å²) in [6.07, 6.45) is 0. The highest BCUT2D eigenvalue weighted by Crippen LogP contribution is 2.19. The van der Waals surface area contributed by atoms with Crippen molar-refractivity contribution in [3.63, 3.8) is 0 Å². The van der Waals surface area contributed by atoms with Gasteiger partial charge in [-0.2, -0.15) is 4.68 Å². The monoisotopic (exact) mass is 475 g/mol. The van der Waals surface area contributed by atoms with Gasteiger partial charge < -0.3 is 14.5 Å². The van der Waals surface area contributed by atoms with Crippen molar-refractivity contribution in [2.75, 3.05) is 11.9 Å². The molecule has 0 saturated carbocycles. The lowest BCUT2D eigenvalue weighted by molar-refractivity contribution is -0.148. The number of ketones is 1. The highest BCUT2D eigenvalue weighted by molar-refractivity contribution is 6.13. The SMILES string of the molecule is O=C(COC(=O)Cn1nc(-c2ccc(F)cc2)oc1=O)Nc1ccccc1C(=O)c1ccccc1. The second kappa shape index (κ2) is 10.4. The van der Waals surface area contributed by atoms with Crippen molar-refractivity contribution in [3.8, 4) is 11.5 Å². The lowest BCUT2D eigenvalue weighted by atomic mass is 10.0. The van der Waals surface area contributed by atoms with Gasteiger partial charge in [-0.3, -0.25) is 14.4 Å². The van der Waals surface area contributed by atoms with Crippen molar-refractivity contribution in [1.29, 1.82) is 0 Å². The summed E-state index contributed by atoms with van der Waals surface area (Å²) in [6.45, 7) is -1.25. The van der Waals surface area contributed by atoms with Gasteiger partial charge in [0.15, 0.2) is 12.4 Å². The number of anilines is 1. The molecule has 0 saturated heterocycles. The minimum atomic E-state index is -0.918. The fourth-order valence-electron chi connectivity index (χ4n) is 3.15. The van der Waals surface area contributed by atoms with Gasteiger partial charge in [0.25, 0.3) is 5.91 Å². The van der Waals surface area contributed by atoms with Crippen LogP contribution in [0.3, 0.4) is 0 Å². The molecule has 0 aliphatic heterocycles. The standard InChI is InChI=1S/C25H18FN3O6/c26-18-12-10-17(11-13-18)24-28-29(25(33)35-24)14-22(31)34-15-21(30)27-20-9-5-4-8-19(20)23(32)16-6-2-1-3-7-16/h1-13H,14-15H2,(H,27,30). The Morgan fingerprint density at radius 3 is 2.37 bits per heavy atom. The average molecular weight is 475 g/mol. The highest BCUT2D eigenvalue weighted by atomic mass is 19.1. The summed E-state index contributed by atoms with van der Waals surface area (Å²) >= 11 is 0. The average Bonchev–Trinajstić information content (AvgIpc) is 3.23. The van der Waals surface area contributed by atoms with E-state index in [1.807, 2.05) is 0 Å². The fourth-order valence-corrected chi connectivity index (χ4v) is 3.15. The second-order valence-electron chi connectivity index (χ2n) is 7.29. The molecule has 0 spiro atoms. The van der Waals surface area contributed by atoms with E-state index in [1.165, 1.54) is 24.3 Å². The Labute approximate surface area is 197 Å². The molecule has 0 radical (unpaired) electrons. The van der Waals surface area contributed by atoms with E-state index in [0.717, 1.165) is 4.68 Å². The number of hydrogen-bond acceptors (Lipinski definition) is 7. The van der Waals surface area contributed by atoms with E-state index in [1.54, 1.807) is 54.6 Å². The minimum Gasteiger partial charge on any atom is -0.454 e. The van der Waals surface area contributed by atoms with Crippen molar-refractivity contribution >= 4 is 23.3 Å². The summed E-state index contributed by atoms with van der Waals surface area (Å²) in [4.78, 5) is 49.2. The Kier molecular flexibility index (Phi) is 6.91. The summed E-state index contributed by atoms with van der Waals surface area (Å²) in [5.41, 5.74) is 1.34. The normalized spacial score (nSPS) is 10.5. The number of hydrogen-bond donors (Lipinski definition) is 1. The van der Waals surface area contributed by atoms with Gasteiger partial charge in [-0.05, 0) is 36.4 Å². The molecule has 0 aliphatic carbocycles. The molecular weight excluding hydrogens is 457 g/mol. The molecule has 10 heteroatoms. The summed E-state index contributed by atoms with van der Waals surface area (Å²) < 4.78 is 23.7. The molecule has 0 fully saturated rings. The number of amides is 1. The van der Waals surface area contributed by atoms with E-state index >= 15 is 0 Å². The van der Waals surface area contributed by atoms with E-state index in [9.17, 15) is 23.6 Å². The molecule has 3 aromatic carbocycles. The Morgan fingerprint density at radius 1 is 0.943 bits per heavy atom. The quantitative estimate of drug-likeness (QED) is 0.307. The van der Waals surface area contributed by atoms with Crippen LogP contribution in [0.4, 0.5) is 10.1 Å². The van der Waals surface area contributed by atoms with Gasteiger partial charge in [-0.15, -0.1) is 5.10 Å². The van der Waals surface area contributed by atoms with Crippen LogP contribution in [0.5, 0.6) is 0 Å². The van der Waals surface area contributed by atoms with E-state index in [4.69, 9.17) is 9.15 Å². The molecule has 0 bridgehead atoms. The maximum absolute atomic E-state index is 13.1. The van der Waals surface area contributed by atoms with Crippen LogP contribution in [0.15, 0.2) is 88.1 Å². The summed E-state index contributed by atoms with van der Waals surface area (Å²) in [5, 5.41) is 6.43. The number of nitrogens with one attached hydrogen (secondary N) is 1. The molecule has 1 heterocycles. The molecule has 4 rings (SSSR count). The Morgan fingerprint density at radius 2 is 1.63 bits per heavy atom. The van der Waals surface area contributed by atoms with Gasteiger partial charge in [-0.25, -0.2) is 9.18 Å². The van der Waals surface area contributed by atoms with Crippen LogP contribution in [0.1, 0.15) is 15.9 Å². The zero-order chi connectivity index (χ0) is 24.8. The van der Waals surface area contributed by atoms with Gasteiger partial charge >= 0.3 is 11.7 Å². The summed E-state index contributed by atoms with van der Waals surface area (Å²) in [7, 11) is 0. The molecule has 1 aromatic heterocycles. The molecule has 0 unspecified atom stereocenters. The smallest absolute Gasteiger partial charge is 0.437 e. The zero-order valence-electron chi connectivity index (χ0n) is 18.1. The van der Waals surface area contributed by atoms with E-state index in [0.29, 0.717) is 11.1 Å². The topological polar surface area (TPSA) is 120 Å². The minimum absolute atomic E-state index is 0.0970. The third kappa shape index (κ3) is 5.74. The van der Waals surface area contributed by atoms with Crippen LogP contribution >= 0.6 is 0 Å². The molecule has 0 atom stereocenters. The number of esters is 1. The number of rotatable bonds is 8. The highest BCUT2D eigenvalue weighted by Gasteiger charge is 2.17. The number of carbonyl (C=O) groups is 3. The van der Waals surface area contributed by atoms with Crippen LogP contribution in [0.25, 0.3) is 11.5 Å². The predicted molar refractivity (Wildman–Crippen MR) is 122 cm³/mol. The van der Waals surface area contributed by atoms with Crippen LogP contribution in [0, 0.1) is 5.82 Å². The number of benzene rings is 3. The number of nitrogens with zero attached hydrogens (tertiary/aromatic N) is 2. The Hall–Kier alpha value is -4.86. The van der Waals surface area contributed by atoms with E-state index < -0.39 is 36.6 Å². The third-order valence-corrected chi connectivity index (χ3v) is 4.82. The van der Waals surface area contributed by atoms with E-state index in [-0.39, 0.29) is 22.9 Å². The second-order valence-corrected chi connectivity index (χ2v) is 7.29. The molecule has 35 heavy (non-hydrogen) atoms. The van der Waals surface area contributed by atoms with Gasteiger partial charge in [0, 0.05) is 16.7 Å². The van der Waals surface area contributed by atoms with Crippen molar-refractivity contribution in [2.24, 2.45) is 0 Å². The fraction of sp³-hybridized carbons (Fsp3) is 0.0800. The molecular formula is C25H18FN3O6. The molecule has 9 nitrogen and oxygen atoms in total. The van der Waals surface area contributed by atoms with Crippen LogP contribution in [0.2, 0.25) is 0 Å². The van der Waals surface area contributed by atoms with Crippen LogP contribution < -0.4 is 11.1 Å². The molecule has 4 aromatic rings. The number of aromatic nitrogens is 2. The molecule has 1 amide bonds. The number of carbonyl (C=O) groups excluding carboxylic acids is 3. The van der Waals surface area contributed by atoms with Crippen molar-refractivity contribution in [3.05, 3.63) is 106 Å². The molecule has 0 aliphatic rings. The number of ether oxygens (including phenoxy) is 1. The summed E-state index contributed by atoms with van der Waals surface area (Å²) in [5.74, 6) is -3.34. The lowest BCUT2D eigenvalue weighted by Crippen LogP contribution is -2.27. The van der Waals surface area contributed by atoms with Crippen molar-refractivity contribution in [2.45, 2.75) is 6.54 Å². The predicted octanol–water partition coefficient (Wildman–Crippen LogP) is 3.06. The Balaban J connectivity index is 1.35. The lowest BCUT2D eigenvalue weighted by Gasteiger charge is -2.11. The first-order valence-corrected chi connectivity index (χ1v) is 10.4. The largest absolute Gasteiger partial charge is 0.454 e. The zero-order valence-corrected chi connectivity index (χ0v) is 18.1. The van der Waals surface area contributed by atoms with Crippen LogP contribution in [-0.4, -0.2) is 34.0 Å². The molecule has 1 N–H and O–H groups in total. The third-order valence-electron chi connectivity index (χ3n) is 4.82. The maximum Gasteiger partial charge on any atom is 0.437 e. The Bertz CT molecular complexity index is 1430. The van der Waals surface area contributed by atoms with Gasteiger partial charge in [0.05, 0.1) is 5.69 Å². The van der Waals surface area contributed by atoms with Gasteiger partial charge in [0.1, 0.15) is 12.4 Å². The number of para-hydroxylation sites is 1. The van der Waals surface area contributed by atoms with Crippen LogP contribution in [-0.2, 0) is 20.9 Å². The maximum atomic E-state index is 13.1. The van der Waals surface area contributed by atoms with Gasteiger partial charge in [-0.1, -0.05) is 42.5 Å². The first-order valence-electron chi connectivity index (χ1n) is 10.4. The van der Waals surface area contributed by atoms with Crippen molar-refractivity contribution in [1.82, 2.24) is 9.78 Å². The first-order chi connectivity index (χ1) is 16.9. The van der Waals surface area contributed by atoms with Gasteiger partial charge in [0.2, 0.25) is 5.89 Å². The number of halogens is 1. The van der Waals surface area contributed by atoms with E-state index in [2.05, 4.69) is 10.4 Å². The summed E-state index contributed by atoms with van der Waals surface area (Å²) in [6, 6.07) is 20.1.